The molecular weight excluding hydrogens is 358 g/mol. The molecule has 0 saturated heterocycles. The summed E-state index contributed by atoms with van der Waals surface area (Å²) < 4.78 is 6.47. The van der Waals surface area contributed by atoms with Crippen LogP contribution in [0.15, 0.2) is 22.7 Å². The predicted molar refractivity (Wildman–Crippen MR) is 89.2 cm³/mol. The van der Waals surface area contributed by atoms with E-state index < -0.39 is 0 Å². The van der Waals surface area contributed by atoms with Crippen molar-refractivity contribution in [3.63, 3.8) is 0 Å². The molecule has 118 valence electrons. The minimum Gasteiger partial charge on any atom is -0.492 e. The fourth-order valence-corrected chi connectivity index (χ4v) is 2.23. The fourth-order valence-electron chi connectivity index (χ4n) is 1.50. The van der Waals surface area contributed by atoms with Crippen LogP contribution >= 0.6 is 27.5 Å². The maximum Gasteiger partial charge on any atom is 0.314 e. The van der Waals surface area contributed by atoms with Gasteiger partial charge in [0.05, 0.1) is 11.6 Å². The smallest absolute Gasteiger partial charge is 0.314 e. The van der Waals surface area contributed by atoms with Crippen molar-refractivity contribution in [2.45, 2.75) is 6.42 Å². The summed E-state index contributed by atoms with van der Waals surface area (Å²) in [4.78, 5) is 13.5. The molecule has 0 atom stereocenters. The third-order valence-corrected chi connectivity index (χ3v) is 3.39. The Morgan fingerprint density at radius 3 is 2.71 bits per heavy atom. The van der Waals surface area contributed by atoms with Gasteiger partial charge in [0.15, 0.2) is 0 Å². The number of rotatable bonds is 8. The summed E-state index contributed by atoms with van der Waals surface area (Å²) in [6.45, 7) is 2.50. The summed E-state index contributed by atoms with van der Waals surface area (Å²) >= 11 is 9.37. The van der Waals surface area contributed by atoms with E-state index in [0.717, 1.165) is 11.0 Å². The average molecular weight is 379 g/mol. The molecule has 0 radical (unpaired) electrons. The van der Waals surface area contributed by atoms with E-state index in [4.69, 9.17) is 16.3 Å². The first-order chi connectivity index (χ1) is 9.99. The number of likely N-dealkylation sites (N-methyl/N-ethyl adjacent to an activating group) is 1. The van der Waals surface area contributed by atoms with Crippen LogP contribution in [0.5, 0.6) is 5.75 Å². The topological polar surface area (TPSA) is 53.6 Å². The van der Waals surface area contributed by atoms with E-state index in [1.807, 2.05) is 31.1 Å². The molecule has 2 N–H and O–H groups in total. The molecule has 1 aromatic carbocycles. The summed E-state index contributed by atoms with van der Waals surface area (Å²) in [5.74, 6) is 0.648. The van der Waals surface area contributed by atoms with Crippen molar-refractivity contribution in [3.05, 3.63) is 27.7 Å². The maximum atomic E-state index is 11.4. The molecular formula is C14H21BrClN3O2. The molecule has 0 aliphatic heterocycles. The van der Waals surface area contributed by atoms with Gasteiger partial charge in [-0.3, -0.25) is 0 Å². The second-order valence-electron chi connectivity index (χ2n) is 4.76. The summed E-state index contributed by atoms with van der Waals surface area (Å²) in [6.07, 6.45) is 0.716. The molecule has 2 amide bonds. The molecule has 0 unspecified atom stereocenters. The molecule has 0 aromatic heterocycles. The number of hydrogen-bond donors (Lipinski definition) is 2. The molecule has 21 heavy (non-hydrogen) atoms. The highest BCUT2D eigenvalue weighted by Gasteiger charge is 2.02. The summed E-state index contributed by atoms with van der Waals surface area (Å²) in [5, 5.41) is 6.12. The van der Waals surface area contributed by atoms with Gasteiger partial charge in [0.25, 0.3) is 0 Å². The number of urea groups is 1. The molecule has 1 rings (SSSR count). The van der Waals surface area contributed by atoms with Gasteiger partial charge < -0.3 is 20.3 Å². The van der Waals surface area contributed by atoms with Gasteiger partial charge in [-0.25, -0.2) is 4.79 Å². The SMILES string of the molecule is CN(C)CCNC(=O)NCCCOc1ccc(Br)cc1Cl. The zero-order chi connectivity index (χ0) is 15.7. The molecule has 0 saturated carbocycles. The van der Waals surface area contributed by atoms with E-state index in [-0.39, 0.29) is 6.03 Å². The van der Waals surface area contributed by atoms with Crippen molar-refractivity contribution in [1.29, 1.82) is 0 Å². The number of halogens is 2. The second kappa shape index (κ2) is 9.87. The maximum absolute atomic E-state index is 11.4. The minimum atomic E-state index is -0.154. The van der Waals surface area contributed by atoms with Crippen LogP contribution in [0.3, 0.4) is 0 Å². The monoisotopic (exact) mass is 377 g/mol. The Morgan fingerprint density at radius 2 is 2.05 bits per heavy atom. The van der Waals surface area contributed by atoms with Crippen molar-refractivity contribution in [2.24, 2.45) is 0 Å². The number of ether oxygens (including phenoxy) is 1. The summed E-state index contributed by atoms with van der Waals surface area (Å²) in [5.41, 5.74) is 0. The molecule has 0 heterocycles. The van der Waals surface area contributed by atoms with Gasteiger partial charge in [0.1, 0.15) is 5.75 Å². The van der Waals surface area contributed by atoms with Gasteiger partial charge in [-0.2, -0.15) is 0 Å². The van der Waals surface area contributed by atoms with Crippen LogP contribution in [-0.2, 0) is 0 Å². The van der Waals surface area contributed by atoms with Crippen LogP contribution < -0.4 is 15.4 Å². The van der Waals surface area contributed by atoms with Crippen LogP contribution in [-0.4, -0.2) is 51.3 Å². The lowest BCUT2D eigenvalue weighted by Crippen LogP contribution is -2.39. The van der Waals surface area contributed by atoms with Gasteiger partial charge in [-0.05, 0) is 38.7 Å². The number of nitrogens with zero attached hydrogens (tertiary/aromatic N) is 1. The molecule has 1 aromatic rings. The molecule has 0 fully saturated rings. The zero-order valence-corrected chi connectivity index (χ0v) is 14.6. The third-order valence-electron chi connectivity index (χ3n) is 2.60. The molecule has 0 spiro atoms. The Balaban J connectivity index is 2.10. The van der Waals surface area contributed by atoms with Crippen molar-refractivity contribution in [1.82, 2.24) is 15.5 Å². The van der Waals surface area contributed by atoms with Gasteiger partial charge in [0, 0.05) is 24.1 Å². The van der Waals surface area contributed by atoms with Crippen LogP contribution in [0, 0.1) is 0 Å². The van der Waals surface area contributed by atoms with E-state index in [2.05, 4.69) is 26.6 Å². The molecule has 5 nitrogen and oxygen atoms in total. The Bertz CT molecular complexity index is 458. The normalized spacial score (nSPS) is 10.5. The fraction of sp³-hybridized carbons (Fsp3) is 0.500. The Hall–Kier alpha value is -0.980. The number of benzene rings is 1. The molecule has 0 aliphatic rings. The molecule has 0 bridgehead atoms. The first-order valence-electron chi connectivity index (χ1n) is 6.73. The molecule has 7 heteroatoms. The second-order valence-corrected chi connectivity index (χ2v) is 6.09. The van der Waals surface area contributed by atoms with E-state index >= 15 is 0 Å². The Morgan fingerprint density at radius 1 is 1.33 bits per heavy atom. The summed E-state index contributed by atoms with van der Waals surface area (Å²) in [7, 11) is 3.92. The highest BCUT2D eigenvalue weighted by molar-refractivity contribution is 9.10. The first-order valence-corrected chi connectivity index (χ1v) is 7.90. The van der Waals surface area contributed by atoms with Gasteiger partial charge in [-0.15, -0.1) is 0 Å². The standard InChI is InChI=1S/C14H21BrClN3O2/c1-19(2)8-7-18-14(20)17-6-3-9-21-13-5-4-11(15)10-12(13)16/h4-5,10H,3,6-9H2,1-2H3,(H2,17,18,20). The number of carbonyl (C=O) groups excluding carboxylic acids is 1. The number of carbonyl (C=O) groups is 1. The lowest BCUT2D eigenvalue weighted by molar-refractivity contribution is 0.237. The van der Waals surface area contributed by atoms with Gasteiger partial charge in [-0.1, -0.05) is 27.5 Å². The number of hydrogen-bond acceptors (Lipinski definition) is 3. The van der Waals surface area contributed by atoms with Crippen LogP contribution in [0.2, 0.25) is 5.02 Å². The third kappa shape index (κ3) is 8.14. The summed E-state index contributed by atoms with van der Waals surface area (Å²) in [6, 6.07) is 5.32. The lowest BCUT2D eigenvalue weighted by atomic mass is 10.3. The number of nitrogens with one attached hydrogen (secondary N) is 2. The van der Waals surface area contributed by atoms with Crippen molar-refractivity contribution >= 4 is 33.6 Å². The van der Waals surface area contributed by atoms with Crippen LogP contribution in [0.4, 0.5) is 4.79 Å². The Labute approximate surface area is 139 Å². The minimum absolute atomic E-state index is 0.154. The van der Waals surface area contributed by atoms with E-state index in [1.165, 1.54) is 0 Å². The van der Waals surface area contributed by atoms with Gasteiger partial charge >= 0.3 is 6.03 Å². The quantitative estimate of drug-likeness (QED) is 0.684. The van der Waals surface area contributed by atoms with E-state index in [9.17, 15) is 4.79 Å². The lowest BCUT2D eigenvalue weighted by Gasteiger charge is -2.11. The van der Waals surface area contributed by atoms with Crippen LogP contribution in [0.1, 0.15) is 6.42 Å². The highest BCUT2D eigenvalue weighted by Crippen LogP contribution is 2.27. The van der Waals surface area contributed by atoms with E-state index in [1.54, 1.807) is 6.07 Å². The predicted octanol–water partition coefficient (Wildman–Crippen LogP) is 2.73. The first kappa shape index (κ1) is 18.1. The average Bonchev–Trinajstić information content (AvgIpc) is 2.40. The highest BCUT2D eigenvalue weighted by atomic mass is 79.9. The van der Waals surface area contributed by atoms with Crippen LogP contribution in [0.25, 0.3) is 0 Å². The largest absolute Gasteiger partial charge is 0.492 e. The van der Waals surface area contributed by atoms with Crippen molar-refractivity contribution in [2.75, 3.05) is 40.3 Å². The van der Waals surface area contributed by atoms with Gasteiger partial charge in [0.2, 0.25) is 0 Å². The number of amides is 2. The zero-order valence-electron chi connectivity index (χ0n) is 12.3. The van der Waals surface area contributed by atoms with E-state index in [0.29, 0.717) is 36.9 Å². The van der Waals surface area contributed by atoms with Crippen molar-refractivity contribution in [3.8, 4) is 5.75 Å². The Kier molecular flexibility index (Phi) is 8.49. The molecule has 0 aliphatic carbocycles. The van der Waals surface area contributed by atoms with Crippen molar-refractivity contribution < 1.29 is 9.53 Å².